The van der Waals surface area contributed by atoms with Gasteiger partial charge in [-0.15, -0.1) is 26.3 Å². The number of carbonyl (C=O) groups is 1. The SMILES string of the molecule is C=CCC1O[C@H](OC[C@H](NC(=O)C#CC#CC#CC#CC#CC#CC#CC#CC#CC#CC#CC#CC)[C@H](O)CC)[C@@H](C=C)C(C=C)[C@H]1C=C.[HH].[HH].[HH].[HH].[HH].[HH].[HH].[HH].[HH].[HH].[HH].[HH].[HH].[HH].[HH].[HH].[HH].[HH].[HH].[HH].[HH].[HH].[HH].[HH]. The number of hydrogen-bond donors (Lipinski definition) is 2. The first-order valence-corrected chi connectivity index (χ1v) is 15.1. The van der Waals surface area contributed by atoms with Crippen molar-refractivity contribution in [3.05, 3.63) is 50.6 Å². The molecule has 0 aromatic carbocycles. The zero-order valence-corrected chi connectivity index (χ0v) is 28.0. The lowest BCUT2D eigenvalue weighted by atomic mass is 9.75. The first-order chi connectivity index (χ1) is 24.5. The highest BCUT2D eigenvalue weighted by Crippen LogP contribution is 2.39. The van der Waals surface area contributed by atoms with Gasteiger partial charge in [0.25, 0.3) is 5.91 Å². The second-order valence-electron chi connectivity index (χ2n) is 9.52. The second kappa shape index (κ2) is 27.2. The molecule has 5 nitrogen and oxygen atoms in total. The van der Waals surface area contributed by atoms with Gasteiger partial charge in [0.05, 0.1) is 24.9 Å². The minimum atomic E-state index is -0.881. The predicted molar refractivity (Wildman–Crippen MR) is 248 cm³/mol. The third kappa shape index (κ3) is 17.1. The molecule has 1 amide bonds. The molecule has 1 saturated heterocycles. The number of ether oxygens (including phenoxy) is 2. The molecule has 5 heteroatoms. The van der Waals surface area contributed by atoms with Crippen molar-refractivity contribution in [2.45, 2.75) is 51.2 Å². The molecule has 0 radical (unpaired) electrons. The van der Waals surface area contributed by atoms with E-state index in [2.05, 4.69) is 174 Å². The molecule has 1 aliphatic heterocycles. The Hall–Kier alpha value is -6.97. The molecule has 0 spiro atoms. The summed E-state index contributed by atoms with van der Waals surface area (Å²) in [7, 11) is 0. The normalized spacial score (nSPS) is 17.9. The molecule has 1 rings (SSSR count). The Labute approximate surface area is 333 Å². The van der Waals surface area contributed by atoms with Crippen LogP contribution in [0.2, 0.25) is 0 Å². The summed E-state index contributed by atoms with van der Waals surface area (Å²) in [6, 6.07) is -0.744. The second-order valence-corrected chi connectivity index (χ2v) is 9.52. The average molecular weight is 700 g/mol. The van der Waals surface area contributed by atoms with Gasteiger partial charge in [0.2, 0.25) is 0 Å². The Morgan fingerprint density at radius 3 is 1.52 bits per heavy atom. The molecule has 7 atom stereocenters. The summed E-state index contributed by atoms with van der Waals surface area (Å²) in [5, 5.41) is 13.2. The van der Waals surface area contributed by atoms with Crippen molar-refractivity contribution in [2.75, 3.05) is 6.61 Å². The maximum atomic E-state index is 12.5. The van der Waals surface area contributed by atoms with Crippen LogP contribution in [0, 0.1) is 160 Å². The third-order valence-corrected chi connectivity index (χ3v) is 6.41. The lowest BCUT2D eigenvalue weighted by Gasteiger charge is -2.44. The topological polar surface area (TPSA) is 67.8 Å². The van der Waals surface area contributed by atoms with Crippen LogP contribution >= 0.6 is 0 Å². The van der Waals surface area contributed by atoms with Gasteiger partial charge in [-0.2, -0.15) is 0 Å². The molecule has 0 saturated carbocycles. The van der Waals surface area contributed by atoms with Gasteiger partial charge in [-0.25, -0.2) is 0 Å². The molecule has 0 aromatic heterocycles. The van der Waals surface area contributed by atoms with E-state index in [0.29, 0.717) is 12.8 Å². The Morgan fingerprint density at radius 1 is 0.720 bits per heavy atom. The summed E-state index contributed by atoms with van der Waals surface area (Å²) >= 11 is 0. The van der Waals surface area contributed by atoms with Gasteiger partial charge < -0.3 is 19.9 Å². The lowest BCUT2D eigenvalue weighted by molar-refractivity contribution is -0.236. The average Bonchev–Trinajstić information content (AvgIpc) is 3.12. The van der Waals surface area contributed by atoms with Crippen molar-refractivity contribution in [3.63, 3.8) is 0 Å². The van der Waals surface area contributed by atoms with E-state index in [0.717, 1.165) is 0 Å². The van der Waals surface area contributed by atoms with Crippen LogP contribution < -0.4 is 5.32 Å². The Bertz CT molecular complexity index is 2130. The maximum absolute atomic E-state index is 12.5. The molecular weight excluding hydrogens is 618 g/mol. The Morgan fingerprint density at radius 2 is 1.14 bits per heavy atom. The van der Waals surface area contributed by atoms with Crippen molar-refractivity contribution in [1.82, 2.24) is 5.32 Å². The van der Waals surface area contributed by atoms with Crippen molar-refractivity contribution >= 4 is 5.91 Å². The monoisotopic (exact) mass is 700 g/mol. The van der Waals surface area contributed by atoms with Crippen LogP contribution in [0.4, 0.5) is 0 Å². The molecule has 1 fully saturated rings. The summed E-state index contributed by atoms with van der Waals surface area (Å²) < 4.78 is 12.3. The maximum Gasteiger partial charge on any atom is 0.297 e. The summed E-state index contributed by atoms with van der Waals surface area (Å²) in [5.41, 5.74) is 0. The number of nitrogens with one attached hydrogen (secondary N) is 1. The first kappa shape index (κ1) is 41.1. The molecular formula is C45H81NO4. The van der Waals surface area contributed by atoms with E-state index in [1.54, 1.807) is 26.0 Å². The van der Waals surface area contributed by atoms with E-state index in [4.69, 9.17) is 9.47 Å². The van der Waals surface area contributed by atoms with E-state index in [1.165, 1.54) is 0 Å². The van der Waals surface area contributed by atoms with Crippen LogP contribution in [-0.2, 0) is 14.3 Å². The fourth-order valence-electron chi connectivity index (χ4n) is 4.17. The molecule has 1 heterocycles. The highest BCUT2D eigenvalue weighted by atomic mass is 16.7. The van der Waals surface area contributed by atoms with E-state index < -0.39 is 24.3 Å². The zero-order chi connectivity index (χ0) is 36.7. The largest absolute Gasteiger partial charge is 0.391 e. The van der Waals surface area contributed by atoms with Crippen LogP contribution in [0.3, 0.4) is 0 Å². The van der Waals surface area contributed by atoms with Crippen LogP contribution in [0.1, 0.15) is 60.9 Å². The van der Waals surface area contributed by atoms with Crippen LogP contribution in [0.25, 0.3) is 0 Å². The molecule has 50 heavy (non-hydrogen) atoms. The highest BCUT2D eigenvalue weighted by molar-refractivity contribution is 5.94. The van der Waals surface area contributed by atoms with E-state index in [1.807, 2.05) is 12.2 Å². The van der Waals surface area contributed by atoms with Gasteiger partial charge in [-0.05, 0) is 120 Å². The minimum absolute atomic E-state index is 0. The molecule has 0 bridgehead atoms. The fourth-order valence-corrected chi connectivity index (χ4v) is 4.17. The molecule has 2 N–H and O–H groups in total. The van der Waals surface area contributed by atoms with E-state index in [-0.39, 0.29) is 64.7 Å². The predicted octanol–water partition coefficient (Wildman–Crippen LogP) is 8.93. The minimum Gasteiger partial charge on any atom is -0.391 e. The summed E-state index contributed by atoms with van der Waals surface area (Å²) in [6.07, 6.45) is 6.45. The van der Waals surface area contributed by atoms with Gasteiger partial charge in [0, 0.05) is 87.5 Å². The molecule has 290 valence electrons. The Kier molecular flexibility index (Phi) is 22.3. The van der Waals surface area contributed by atoms with Crippen LogP contribution in [-0.4, -0.2) is 42.2 Å². The van der Waals surface area contributed by atoms with Crippen LogP contribution in [0.15, 0.2) is 50.6 Å². The Balaban J connectivity index is -0.0000000473. The summed E-state index contributed by atoms with van der Waals surface area (Å²) in [5.74, 6) is 59.1. The number of hydrogen-bond acceptors (Lipinski definition) is 4. The van der Waals surface area contributed by atoms with Gasteiger partial charge >= 0.3 is 0 Å². The summed E-state index contributed by atoms with van der Waals surface area (Å²) in [4.78, 5) is 12.5. The fraction of sp³-hybridized carbons (Fsp3) is 0.267. The standard InChI is InChI=1S/C45H33NO4.24H2/c1-7-13-14-15-16-17-18-19-20-21-22-23-24-25-26-27-28-29-30-31-32-33-34-36-44(48)46-41(42(47)12-6)37-49-45-40(11-5)38(9-3)39(10-4)43(50-45)35-8-2;;;;;;;;;;;;;;;;;;;;;;;;/h8-11,38-43,45,47H,2-5,12,35,37H2,1,6H3,(H,46,48);24*1H/t38?,39-,40+,41+,42-,43?,45+;;;;;;;;;;;;;;;;;;;;;;;;/m1......................../s1. The van der Waals surface area contributed by atoms with Crippen LogP contribution in [0.5, 0.6) is 0 Å². The smallest absolute Gasteiger partial charge is 0.297 e. The molecule has 0 aliphatic carbocycles. The number of aliphatic hydroxyl groups excluding tert-OH is 1. The first-order valence-electron chi connectivity index (χ1n) is 15.1. The quantitative estimate of drug-likeness (QED) is 0.167. The van der Waals surface area contributed by atoms with Gasteiger partial charge in [0.1, 0.15) is 0 Å². The van der Waals surface area contributed by atoms with Gasteiger partial charge in [-0.1, -0.05) is 37.1 Å². The van der Waals surface area contributed by atoms with E-state index in [9.17, 15) is 9.90 Å². The highest BCUT2D eigenvalue weighted by Gasteiger charge is 2.42. The van der Waals surface area contributed by atoms with Crippen molar-refractivity contribution in [2.24, 2.45) is 17.8 Å². The van der Waals surface area contributed by atoms with Gasteiger partial charge in [0.15, 0.2) is 6.29 Å². The van der Waals surface area contributed by atoms with Crippen molar-refractivity contribution < 1.29 is 53.6 Å². The number of aliphatic hydroxyl groups is 1. The third-order valence-electron chi connectivity index (χ3n) is 6.41. The molecule has 0 aromatic rings. The van der Waals surface area contributed by atoms with E-state index >= 15 is 0 Å². The number of rotatable bonds is 11. The lowest BCUT2D eigenvalue weighted by Crippen LogP contribution is -2.50. The zero-order valence-electron chi connectivity index (χ0n) is 28.0. The number of allylic oxidation sites excluding steroid dienone is 1. The van der Waals surface area contributed by atoms with Crippen molar-refractivity contribution in [1.29, 1.82) is 0 Å². The summed E-state index contributed by atoms with van der Waals surface area (Å²) in [6.45, 7) is 19.2. The molecule has 1 aliphatic rings. The van der Waals surface area contributed by atoms with Crippen molar-refractivity contribution in [3.8, 4) is 142 Å². The number of carbonyl (C=O) groups excluding carboxylic acids is 1. The molecule has 2 unspecified atom stereocenters. The number of amides is 1. The van der Waals surface area contributed by atoms with Gasteiger partial charge in [-0.3, -0.25) is 4.79 Å².